The van der Waals surface area contributed by atoms with Gasteiger partial charge in [0.15, 0.2) is 0 Å². The van der Waals surface area contributed by atoms with E-state index >= 15 is 0 Å². The minimum atomic E-state index is -0.558. The van der Waals surface area contributed by atoms with Crippen LogP contribution in [0.4, 0.5) is 4.79 Å². The van der Waals surface area contributed by atoms with Gasteiger partial charge in [0.2, 0.25) is 0 Å². The molecule has 0 atom stereocenters. The van der Waals surface area contributed by atoms with E-state index in [2.05, 4.69) is 10.5 Å². The zero-order chi connectivity index (χ0) is 15.0. The number of carbonyl (C=O) groups is 1. The van der Waals surface area contributed by atoms with Crippen LogP contribution >= 0.6 is 0 Å². The third-order valence-corrected chi connectivity index (χ3v) is 2.31. The summed E-state index contributed by atoms with van der Waals surface area (Å²) in [6.45, 7) is 5.45. The molecule has 0 radical (unpaired) electrons. The van der Waals surface area contributed by atoms with Crippen LogP contribution in [-0.2, 0) is 4.84 Å². The van der Waals surface area contributed by atoms with Gasteiger partial charge in [0.1, 0.15) is 5.75 Å². The molecule has 0 aliphatic heterocycles. The number of methoxy groups -OCH3 is 1. The van der Waals surface area contributed by atoms with Crippen molar-refractivity contribution in [2.24, 2.45) is 5.16 Å². The smallest absolute Gasteiger partial charge is 0.433 e. The van der Waals surface area contributed by atoms with Crippen LogP contribution in [0.15, 0.2) is 35.5 Å². The summed E-state index contributed by atoms with van der Waals surface area (Å²) in [7, 11) is 1.63. The average molecular weight is 276 g/mol. The quantitative estimate of drug-likeness (QED) is 0.510. The number of ether oxygens (including phenoxy) is 1. The zero-order valence-electron chi connectivity index (χ0n) is 12.2. The van der Waals surface area contributed by atoms with Crippen molar-refractivity contribution in [3.05, 3.63) is 35.9 Å². The van der Waals surface area contributed by atoms with Gasteiger partial charge in [0.25, 0.3) is 0 Å². The van der Waals surface area contributed by atoms with Crippen LogP contribution < -0.4 is 10.1 Å². The van der Waals surface area contributed by atoms with Gasteiger partial charge in [-0.25, -0.2) is 4.79 Å². The number of hydrogen-bond donors (Lipinski definition) is 1. The maximum absolute atomic E-state index is 11.2. The predicted octanol–water partition coefficient (Wildman–Crippen LogP) is 3.22. The van der Waals surface area contributed by atoms with Crippen molar-refractivity contribution in [2.45, 2.75) is 26.8 Å². The van der Waals surface area contributed by atoms with Crippen molar-refractivity contribution in [3.63, 3.8) is 0 Å². The number of benzene rings is 1. The van der Waals surface area contributed by atoms with Crippen molar-refractivity contribution in [1.82, 2.24) is 5.32 Å². The fraction of sp³-hybridized carbons (Fsp3) is 0.333. The molecule has 0 unspecified atom stereocenters. The number of allylic oxidation sites excluding steroid dienone is 1. The molecule has 0 aliphatic carbocycles. The van der Waals surface area contributed by atoms with E-state index in [1.54, 1.807) is 20.1 Å². The Labute approximate surface area is 119 Å². The van der Waals surface area contributed by atoms with Crippen LogP contribution in [0.3, 0.4) is 0 Å². The van der Waals surface area contributed by atoms with E-state index in [1.165, 1.54) is 0 Å². The molecule has 5 nitrogen and oxygen atoms in total. The number of hydrogen-bond acceptors (Lipinski definition) is 4. The molecule has 0 aliphatic rings. The van der Waals surface area contributed by atoms with Crippen molar-refractivity contribution >= 4 is 17.9 Å². The van der Waals surface area contributed by atoms with E-state index < -0.39 is 6.09 Å². The number of oxime groups is 1. The Morgan fingerprint density at radius 1 is 1.30 bits per heavy atom. The van der Waals surface area contributed by atoms with Crippen LogP contribution in [0.25, 0.3) is 6.08 Å². The molecule has 1 aromatic rings. The third-order valence-electron chi connectivity index (χ3n) is 2.31. The largest absolute Gasteiger partial charge is 0.497 e. The maximum Gasteiger partial charge on any atom is 0.433 e. The normalized spacial score (nSPS) is 11.8. The first-order chi connectivity index (χ1) is 9.51. The number of nitrogens with zero attached hydrogens (tertiary/aromatic N) is 1. The Hall–Kier alpha value is -2.30. The van der Waals surface area contributed by atoms with Crippen molar-refractivity contribution in [1.29, 1.82) is 0 Å². The summed E-state index contributed by atoms with van der Waals surface area (Å²) in [6.07, 6.45) is 3.09. The zero-order valence-corrected chi connectivity index (χ0v) is 12.2. The Bertz CT molecular complexity index is 490. The highest BCUT2D eigenvalue weighted by molar-refractivity contribution is 5.96. The lowest BCUT2D eigenvalue weighted by Gasteiger charge is -2.04. The molecule has 0 fully saturated rings. The van der Waals surface area contributed by atoms with Gasteiger partial charge in [-0.2, -0.15) is 0 Å². The second kappa shape index (κ2) is 7.99. The fourth-order valence-corrected chi connectivity index (χ4v) is 1.34. The summed E-state index contributed by atoms with van der Waals surface area (Å²) in [4.78, 5) is 15.9. The van der Waals surface area contributed by atoms with E-state index in [0.29, 0.717) is 5.71 Å². The lowest BCUT2D eigenvalue weighted by atomic mass is 10.2. The van der Waals surface area contributed by atoms with E-state index in [0.717, 1.165) is 11.3 Å². The van der Waals surface area contributed by atoms with Crippen LogP contribution in [-0.4, -0.2) is 25.0 Å². The lowest BCUT2D eigenvalue weighted by Crippen LogP contribution is -2.29. The molecule has 1 amide bonds. The van der Waals surface area contributed by atoms with Gasteiger partial charge >= 0.3 is 6.09 Å². The molecule has 0 bridgehead atoms. The Balaban J connectivity index is 2.53. The molecule has 0 saturated carbocycles. The third kappa shape index (κ3) is 6.04. The summed E-state index contributed by atoms with van der Waals surface area (Å²) in [5, 5.41) is 6.30. The average Bonchev–Trinajstić information content (AvgIpc) is 2.42. The summed E-state index contributed by atoms with van der Waals surface area (Å²) >= 11 is 0. The SMILES string of the molecule is COc1ccc(/C=C/C(C)=N/OC(=O)NC(C)C)cc1. The second-order valence-electron chi connectivity index (χ2n) is 4.52. The Kier molecular flexibility index (Phi) is 6.29. The van der Waals surface area contributed by atoms with Gasteiger partial charge in [-0.15, -0.1) is 0 Å². The van der Waals surface area contributed by atoms with E-state index in [4.69, 9.17) is 9.57 Å². The highest BCUT2D eigenvalue weighted by Gasteiger charge is 2.02. The van der Waals surface area contributed by atoms with Crippen LogP contribution in [0, 0.1) is 0 Å². The van der Waals surface area contributed by atoms with Gasteiger partial charge in [0.05, 0.1) is 12.8 Å². The minimum absolute atomic E-state index is 0.0212. The van der Waals surface area contributed by atoms with Gasteiger partial charge in [-0.3, -0.25) is 4.84 Å². The number of amides is 1. The maximum atomic E-state index is 11.2. The first kappa shape index (κ1) is 15.8. The van der Waals surface area contributed by atoms with Crippen molar-refractivity contribution in [2.75, 3.05) is 7.11 Å². The fourth-order valence-electron chi connectivity index (χ4n) is 1.34. The summed E-state index contributed by atoms with van der Waals surface area (Å²) in [6, 6.07) is 7.62. The number of nitrogens with one attached hydrogen (secondary N) is 1. The molecule has 1 aromatic carbocycles. The molecule has 0 aromatic heterocycles. The molecule has 0 heterocycles. The van der Waals surface area contributed by atoms with Crippen molar-refractivity contribution in [3.8, 4) is 5.75 Å². The standard InChI is InChI=1S/C15H20N2O3/c1-11(2)16-15(18)20-17-12(3)5-6-13-7-9-14(19-4)10-8-13/h5-11H,1-4H3,(H,16,18)/b6-5+,17-12+. The monoisotopic (exact) mass is 276 g/mol. The van der Waals surface area contributed by atoms with Gasteiger partial charge < -0.3 is 10.1 Å². The summed E-state index contributed by atoms with van der Waals surface area (Å²) in [5.41, 5.74) is 1.60. The van der Waals surface area contributed by atoms with Crippen LogP contribution in [0.5, 0.6) is 5.75 Å². The number of carbonyl (C=O) groups excluding carboxylic acids is 1. The first-order valence-corrected chi connectivity index (χ1v) is 6.35. The molecule has 108 valence electrons. The van der Waals surface area contributed by atoms with Crippen molar-refractivity contribution < 1.29 is 14.4 Å². The molecular formula is C15H20N2O3. The first-order valence-electron chi connectivity index (χ1n) is 6.35. The topological polar surface area (TPSA) is 59.9 Å². The molecular weight excluding hydrogens is 256 g/mol. The van der Waals surface area contributed by atoms with E-state index in [9.17, 15) is 4.79 Å². The van der Waals surface area contributed by atoms with Gasteiger partial charge in [-0.1, -0.05) is 23.4 Å². The van der Waals surface area contributed by atoms with Crippen LogP contribution in [0.1, 0.15) is 26.3 Å². The van der Waals surface area contributed by atoms with Gasteiger partial charge in [0, 0.05) is 6.04 Å². The lowest BCUT2D eigenvalue weighted by molar-refractivity contribution is 0.148. The molecule has 0 saturated heterocycles. The van der Waals surface area contributed by atoms with Gasteiger partial charge in [-0.05, 0) is 44.5 Å². The predicted molar refractivity (Wildman–Crippen MR) is 79.9 cm³/mol. The minimum Gasteiger partial charge on any atom is -0.497 e. The van der Waals surface area contributed by atoms with Crippen LogP contribution in [0.2, 0.25) is 0 Å². The number of rotatable bonds is 5. The Morgan fingerprint density at radius 3 is 2.50 bits per heavy atom. The molecule has 20 heavy (non-hydrogen) atoms. The molecule has 1 N–H and O–H groups in total. The van der Waals surface area contributed by atoms with E-state index in [-0.39, 0.29) is 6.04 Å². The highest BCUT2D eigenvalue weighted by atomic mass is 16.7. The highest BCUT2D eigenvalue weighted by Crippen LogP contribution is 2.12. The summed E-state index contributed by atoms with van der Waals surface area (Å²) in [5.74, 6) is 0.807. The molecule has 1 rings (SSSR count). The molecule has 0 spiro atoms. The second-order valence-corrected chi connectivity index (χ2v) is 4.52. The molecule has 5 heteroatoms. The Morgan fingerprint density at radius 2 is 1.95 bits per heavy atom. The van der Waals surface area contributed by atoms with E-state index in [1.807, 2.05) is 44.2 Å². The summed E-state index contributed by atoms with van der Waals surface area (Å²) < 4.78 is 5.08.